The summed E-state index contributed by atoms with van der Waals surface area (Å²) in [7, 11) is 1.09. The first-order valence-corrected chi connectivity index (χ1v) is 6.32. The molecular formula is C13H20BNO. The van der Waals surface area contributed by atoms with Gasteiger partial charge in [-0.1, -0.05) is 24.4 Å². The van der Waals surface area contributed by atoms with Gasteiger partial charge in [0.2, 0.25) is 0 Å². The smallest absolute Gasteiger partial charge is 0.154 e. The predicted molar refractivity (Wildman–Crippen MR) is 70.3 cm³/mol. The Balaban J connectivity index is 1.71. The normalized spacial score (nSPS) is 16.3. The molecule has 2 nitrogen and oxygen atoms in total. The number of ether oxygens (including phenoxy) is 1. The first-order valence-electron chi connectivity index (χ1n) is 6.32. The molecule has 2 rings (SSSR count). The van der Waals surface area contributed by atoms with E-state index in [-0.39, 0.29) is 0 Å². The lowest BCUT2D eigenvalue weighted by molar-refractivity contribution is 0.238. The number of rotatable bonds is 5. The van der Waals surface area contributed by atoms with Gasteiger partial charge in [-0.2, -0.15) is 0 Å². The van der Waals surface area contributed by atoms with Crippen molar-refractivity contribution >= 4 is 12.7 Å². The number of hydrogen-bond donors (Lipinski definition) is 0. The van der Waals surface area contributed by atoms with Gasteiger partial charge in [0.25, 0.3) is 0 Å². The molecule has 1 aliphatic rings. The maximum Gasteiger partial charge on any atom is 0.154 e. The summed E-state index contributed by atoms with van der Waals surface area (Å²) in [5.41, 5.74) is 1.37. The van der Waals surface area contributed by atoms with Crippen molar-refractivity contribution in [3.63, 3.8) is 0 Å². The van der Waals surface area contributed by atoms with Crippen molar-refractivity contribution in [1.82, 2.24) is 4.90 Å². The second-order valence-electron chi connectivity index (χ2n) is 4.39. The zero-order valence-electron chi connectivity index (χ0n) is 10.1. The lowest BCUT2D eigenvalue weighted by Gasteiger charge is -2.14. The molecule has 0 aromatic heterocycles. The average molecular weight is 217 g/mol. The van der Waals surface area contributed by atoms with Crippen LogP contribution in [-0.2, 0) is 0 Å². The lowest BCUT2D eigenvalue weighted by atomic mass is 9.73. The Hall–Kier alpha value is -0.955. The van der Waals surface area contributed by atoms with Crippen LogP contribution in [0.2, 0.25) is 6.82 Å². The molecule has 0 bridgehead atoms. The Morgan fingerprint density at radius 2 is 1.88 bits per heavy atom. The van der Waals surface area contributed by atoms with Gasteiger partial charge in [-0.3, -0.25) is 4.90 Å². The first kappa shape index (κ1) is 11.5. The molecule has 0 amide bonds. The fourth-order valence-electron chi connectivity index (χ4n) is 2.12. The minimum Gasteiger partial charge on any atom is -0.492 e. The van der Waals surface area contributed by atoms with Gasteiger partial charge in [0.1, 0.15) is 12.4 Å². The standard InChI is InChI=1S/C13H20BNO/c1-14-12-4-6-13(7-5-12)16-11-10-15-8-2-3-9-15/h4-7,14H,2-3,8-11H2,1H3. The van der Waals surface area contributed by atoms with E-state index in [2.05, 4.69) is 36.0 Å². The van der Waals surface area contributed by atoms with E-state index in [0.29, 0.717) is 0 Å². The number of likely N-dealkylation sites (tertiary alicyclic amines) is 1. The Labute approximate surface area is 98.8 Å². The van der Waals surface area contributed by atoms with E-state index in [9.17, 15) is 0 Å². The van der Waals surface area contributed by atoms with Gasteiger partial charge in [0.15, 0.2) is 7.28 Å². The molecule has 3 heteroatoms. The summed E-state index contributed by atoms with van der Waals surface area (Å²) in [6.07, 6.45) is 2.70. The van der Waals surface area contributed by atoms with Crippen molar-refractivity contribution in [2.45, 2.75) is 19.7 Å². The second kappa shape index (κ2) is 5.95. The van der Waals surface area contributed by atoms with Crippen LogP contribution in [0, 0.1) is 0 Å². The summed E-state index contributed by atoms with van der Waals surface area (Å²) in [6, 6.07) is 8.43. The van der Waals surface area contributed by atoms with Crippen molar-refractivity contribution in [1.29, 1.82) is 0 Å². The molecule has 0 spiro atoms. The molecule has 1 heterocycles. The summed E-state index contributed by atoms with van der Waals surface area (Å²) in [6.45, 7) is 6.54. The Morgan fingerprint density at radius 3 is 2.50 bits per heavy atom. The maximum atomic E-state index is 5.73. The summed E-state index contributed by atoms with van der Waals surface area (Å²) in [5.74, 6) is 0.997. The summed E-state index contributed by atoms with van der Waals surface area (Å²) >= 11 is 0. The molecule has 86 valence electrons. The molecule has 0 radical (unpaired) electrons. The van der Waals surface area contributed by atoms with Crippen LogP contribution in [0.3, 0.4) is 0 Å². The summed E-state index contributed by atoms with van der Waals surface area (Å²) in [4.78, 5) is 2.47. The molecule has 1 aliphatic heterocycles. The van der Waals surface area contributed by atoms with Gasteiger partial charge < -0.3 is 4.74 Å². The number of hydrogen-bond acceptors (Lipinski definition) is 2. The molecule has 1 aromatic carbocycles. The van der Waals surface area contributed by atoms with Crippen LogP contribution in [0.1, 0.15) is 12.8 Å². The highest BCUT2D eigenvalue weighted by molar-refractivity contribution is 6.51. The third-order valence-corrected chi connectivity index (χ3v) is 3.21. The fraction of sp³-hybridized carbons (Fsp3) is 0.538. The van der Waals surface area contributed by atoms with Crippen molar-refractivity contribution in [2.24, 2.45) is 0 Å². The van der Waals surface area contributed by atoms with E-state index in [4.69, 9.17) is 4.74 Å². The molecule has 1 aromatic rings. The third-order valence-electron chi connectivity index (χ3n) is 3.21. The van der Waals surface area contributed by atoms with E-state index < -0.39 is 0 Å². The molecule has 1 saturated heterocycles. The van der Waals surface area contributed by atoms with Crippen LogP contribution in [-0.4, -0.2) is 38.4 Å². The van der Waals surface area contributed by atoms with E-state index in [1.165, 1.54) is 31.4 Å². The van der Waals surface area contributed by atoms with E-state index in [1.54, 1.807) is 0 Å². The van der Waals surface area contributed by atoms with Crippen LogP contribution in [0.15, 0.2) is 24.3 Å². The van der Waals surface area contributed by atoms with Crippen LogP contribution < -0.4 is 10.2 Å². The molecular weight excluding hydrogens is 197 g/mol. The predicted octanol–water partition coefficient (Wildman–Crippen LogP) is 1.27. The van der Waals surface area contributed by atoms with E-state index >= 15 is 0 Å². The van der Waals surface area contributed by atoms with E-state index in [1.807, 2.05) is 0 Å². The highest BCUT2D eigenvalue weighted by Gasteiger charge is 2.10. The molecule has 1 fully saturated rings. The topological polar surface area (TPSA) is 12.5 Å². The monoisotopic (exact) mass is 217 g/mol. The minimum atomic E-state index is 0.811. The van der Waals surface area contributed by atoms with Gasteiger partial charge in [0.05, 0.1) is 0 Å². The van der Waals surface area contributed by atoms with Gasteiger partial charge in [-0.05, 0) is 38.1 Å². The molecule has 0 atom stereocenters. The molecule has 0 aliphatic carbocycles. The fourth-order valence-corrected chi connectivity index (χ4v) is 2.12. The summed E-state index contributed by atoms with van der Waals surface area (Å²) in [5, 5.41) is 0. The van der Waals surface area contributed by atoms with E-state index in [0.717, 1.165) is 26.2 Å². The van der Waals surface area contributed by atoms with Crippen LogP contribution in [0.5, 0.6) is 5.75 Å². The highest BCUT2D eigenvalue weighted by atomic mass is 16.5. The Morgan fingerprint density at radius 1 is 1.19 bits per heavy atom. The summed E-state index contributed by atoms with van der Waals surface area (Å²) < 4.78 is 5.73. The Kier molecular flexibility index (Phi) is 4.29. The number of nitrogens with zero attached hydrogens (tertiary/aromatic N) is 1. The first-order chi connectivity index (χ1) is 7.88. The quantitative estimate of drug-likeness (QED) is 0.688. The van der Waals surface area contributed by atoms with Crippen molar-refractivity contribution in [2.75, 3.05) is 26.2 Å². The zero-order chi connectivity index (χ0) is 11.2. The second-order valence-corrected chi connectivity index (χ2v) is 4.39. The molecule has 16 heavy (non-hydrogen) atoms. The molecule has 0 saturated carbocycles. The van der Waals surface area contributed by atoms with Crippen molar-refractivity contribution in [3.8, 4) is 5.75 Å². The van der Waals surface area contributed by atoms with Crippen molar-refractivity contribution in [3.05, 3.63) is 24.3 Å². The lowest BCUT2D eigenvalue weighted by Crippen LogP contribution is -2.25. The maximum absolute atomic E-state index is 5.73. The van der Waals surface area contributed by atoms with Crippen LogP contribution >= 0.6 is 0 Å². The van der Waals surface area contributed by atoms with Crippen molar-refractivity contribution < 1.29 is 4.74 Å². The van der Waals surface area contributed by atoms with Gasteiger partial charge in [-0.25, -0.2) is 0 Å². The SMILES string of the molecule is CBc1ccc(OCCN2CCCC2)cc1. The zero-order valence-corrected chi connectivity index (χ0v) is 10.1. The van der Waals surface area contributed by atoms with Gasteiger partial charge >= 0.3 is 0 Å². The third kappa shape index (κ3) is 3.27. The average Bonchev–Trinajstić information content (AvgIpc) is 2.83. The van der Waals surface area contributed by atoms with Crippen LogP contribution in [0.25, 0.3) is 0 Å². The van der Waals surface area contributed by atoms with Gasteiger partial charge in [-0.15, -0.1) is 0 Å². The highest BCUT2D eigenvalue weighted by Crippen LogP contribution is 2.09. The largest absolute Gasteiger partial charge is 0.492 e. The Bertz CT molecular complexity index is 306. The van der Waals surface area contributed by atoms with Crippen LogP contribution in [0.4, 0.5) is 0 Å². The molecule has 0 unspecified atom stereocenters. The minimum absolute atomic E-state index is 0.811. The molecule has 0 N–H and O–H groups in total. The van der Waals surface area contributed by atoms with Gasteiger partial charge in [0, 0.05) is 6.54 Å². The number of benzene rings is 1.